The van der Waals surface area contributed by atoms with Crippen molar-refractivity contribution in [1.29, 1.82) is 0 Å². The van der Waals surface area contributed by atoms with Crippen LogP contribution in [0.1, 0.15) is 27.7 Å². The Morgan fingerprint density at radius 3 is 2.11 bits per heavy atom. The predicted molar refractivity (Wildman–Crippen MR) is 146 cm³/mol. The number of furan rings is 1. The molecular formula is C30H25BO5S. The van der Waals surface area contributed by atoms with Gasteiger partial charge in [0.1, 0.15) is 11.2 Å². The summed E-state index contributed by atoms with van der Waals surface area (Å²) >= 11 is 0. The highest BCUT2D eigenvalue weighted by molar-refractivity contribution is 7.92. The lowest BCUT2D eigenvalue weighted by Crippen LogP contribution is -2.41. The molecule has 0 bridgehead atoms. The van der Waals surface area contributed by atoms with Crippen molar-refractivity contribution in [3.05, 3.63) is 78.9 Å². The van der Waals surface area contributed by atoms with E-state index in [-0.39, 0.29) is 0 Å². The Morgan fingerprint density at radius 1 is 0.649 bits per heavy atom. The highest BCUT2D eigenvalue weighted by Gasteiger charge is 2.52. The zero-order valence-electron chi connectivity index (χ0n) is 21.0. The van der Waals surface area contributed by atoms with Crippen LogP contribution in [0.5, 0.6) is 0 Å². The van der Waals surface area contributed by atoms with Crippen LogP contribution in [0, 0.1) is 0 Å². The van der Waals surface area contributed by atoms with Gasteiger partial charge in [-0.15, -0.1) is 0 Å². The number of rotatable bonds is 2. The fourth-order valence-corrected chi connectivity index (χ4v) is 6.99. The van der Waals surface area contributed by atoms with Gasteiger partial charge in [-0.05, 0) is 80.7 Å². The van der Waals surface area contributed by atoms with Crippen LogP contribution in [-0.4, -0.2) is 26.7 Å². The molecule has 1 fully saturated rings. The molecule has 7 rings (SSSR count). The van der Waals surface area contributed by atoms with Crippen molar-refractivity contribution >= 4 is 44.4 Å². The predicted octanol–water partition coefficient (Wildman–Crippen LogP) is 6.37. The van der Waals surface area contributed by atoms with Gasteiger partial charge in [0.25, 0.3) is 0 Å². The van der Waals surface area contributed by atoms with Crippen molar-refractivity contribution < 1.29 is 22.1 Å². The Balaban J connectivity index is 1.31. The summed E-state index contributed by atoms with van der Waals surface area (Å²) in [4.78, 5) is 0.613. The van der Waals surface area contributed by atoms with E-state index in [1.54, 1.807) is 12.1 Å². The molecule has 1 aromatic heterocycles. The van der Waals surface area contributed by atoms with Gasteiger partial charge < -0.3 is 13.7 Å². The second-order valence-corrected chi connectivity index (χ2v) is 12.8. The van der Waals surface area contributed by atoms with E-state index in [2.05, 4.69) is 18.2 Å². The van der Waals surface area contributed by atoms with Crippen LogP contribution < -0.4 is 5.46 Å². The number of sulfone groups is 1. The van der Waals surface area contributed by atoms with Crippen molar-refractivity contribution in [1.82, 2.24) is 0 Å². The lowest BCUT2D eigenvalue weighted by atomic mass is 9.78. The molecule has 3 heterocycles. The molecule has 0 atom stereocenters. The largest absolute Gasteiger partial charge is 0.494 e. The number of fused-ring (bicyclic) bond motifs is 6. The zero-order valence-corrected chi connectivity index (χ0v) is 21.8. The Bertz CT molecular complexity index is 1850. The molecule has 0 unspecified atom stereocenters. The van der Waals surface area contributed by atoms with E-state index in [0.717, 1.165) is 33.1 Å². The minimum absolute atomic E-state index is 0.291. The van der Waals surface area contributed by atoms with E-state index in [0.29, 0.717) is 26.4 Å². The first-order valence-corrected chi connectivity index (χ1v) is 13.8. The normalized spacial score (nSPS) is 18.9. The third kappa shape index (κ3) is 3.21. The summed E-state index contributed by atoms with van der Waals surface area (Å²) in [6, 6.07) is 25.1. The monoisotopic (exact) mass is 508 g/mol. The fourth-order valence-electron chi connectivity index (χ4n) is 5.29. The van der Waals surface area contributed by atoms with Gasteiger partial charge in [-0.3, -0.25) is 0 Å². The lowest BCUT2D eigenvalue weighted by Gasteiger charge is -2.32. The highest BCUT2D eigenvalue weighted by Crippen LogP contribution is 2.45. The average Bonchev–Trinajstić information content (AvgIpc) is 3.43. The summed E-state index contributed by atoms with van der Waals surface area (Å²) in [7, 11) is -4.28. The van der Waals surface area contributed by atoms with Gasteiger partial charge in [-0.2, -0.15) is 0 Å². The van der Waals surface area contributed by atoms with Crippen LogP contribution in [0.4, 0.5) is 0 Å². The molecule has 0 radical (unpaired) electrons. The zero-order chi connectivity index (χ0) is 25.7. The van der Waals surface area contributed by atoms with Crippen LogP contribution in [0.2, 0.25) is 0 Å². The molecule has 37 heavy (non-hydrogen) atoms. The molecule has 0 spiro atoms. The number of benzene rings is 4. The maximum absolute atomic E-state index is 13.5. The van der Waals surface area contributed by atoms with Crippen LogP contribution in [-0.2, 0) is 19.1 Å². The first-order chi connectivity index (χ1) is 17.5. The Morgan fingerprint density at radius 2 is 1.32 bits per heavy atom. The highest BCUT2D eigenvalue weighted by atomic mass is 32.2. The minimum atomic E-state index is -3.66. The SMILES string of the molecule is CC1(C)OB(c2ccc3c(c2)S(=O)(=O)c2ccc(-c4ccc5c(c4)oc4ccccc45)cc2-3)OC1(C)C. The smallest absolute Gasteiger partial charge is 0.456 e. The topological polar surface area (TPSA) is 65.7 Å². The molecule has 0 aliphatic carbocycles. The summed E-state index contributed by atoms with van der Waals surface area (Å²) in [5, 5.41) is 2.14. The van der Waals surface area contributed by atoms with E-state index in [4.69, 9.17) is 13.7 Å². The maximum atomic E-state index is 13.5. The number of para-hydroxylation sites is 1. The minimum Gasteiger partial charge on any atom is -0.456 e. The molecule has 4 aromatic carbocycles. The number of hydrogen-bond acceptors (Lipinski definition) is 5. The van der Waals surface area contributed by atoms with Gasteiger partial charge >= 0.3 is 7.12 Å². The molecule has 0 N–H and O–H groups in total. The van der Waals surface area contributed by atoms with E-state index in [9.17, 15) is 8.42 Å². The summed E-state index contributed by atoms with van der Waals surface area (Å²) in [5.41, 5.74) is 4.64. The van der Waals surface area contributed by atoms with Gasteiger partial charge in [-0.25, -0.2) is 8.42 Å². The molecule has 0 saturated carbocycles. The third-order valence-electron chi connectivity index (χ3n) is 8.09. The molecule has 2 aliphatic rings. The molecular weight excluding hydrogens is 483 g/mol. The Hall–Kier alpha value is -3.39. The van der Waals surface area contributed by atoms with Gasteiger partial charge in [0, 0.05) is 21.9 Å². The average molecular weight is 508 g/mol. The third-order valence-corrected chi connectivity index (χ3v) is 9.94. The molecule has 0 amide bonds. The molecule has 7 heteroatoms. The fraction of sp³-hybridized carbons (Fsp3) is 0.200. The van der Waals surface area contributed by atoms with Gasteiger partial charge in [-0.1, -0.05) is 42.5 Å². The van der Waals surface area contributed by atoms with Gasteiger partial charge in [0.15, 0.2) is 0 Å². The van der Waals surface area contributed by atoms with Crippen molar-refractivity contribution in [2.75, 3.05) is 0 Å². The van der Waals surface area contributed by atoms with Crippen molar-refractivity contribution in [3.63, 3.8) is 0 Å². The van der Waals surface area contributed by atoms with Crippen LogP contribution in [0.3, 0.4) is 0 Å². The summed E-state index contributed by atoms with van der Waals surface area (Å²) in [5.74, 6) is 0. The van der Waals surface area contributed by atoms with Crippen molar-refractivity contribution in [2.24, 2.45) is 0 Å². The first kappa shape index (κ1) is 22.8. The second-order valence-electron chi connectivity index (χ2n) is 10.9. The molecule has 2 aliphatic heterocycles. The molecule has 1 saturated heterocycles. The van der Waals surface area contributed by atoms with Crippen LogP contribution in [0.25, 0.3) is 44.2 Å². The van der Waals surface area contributed by atoms with E-state index in [1.807, 2.05) is 76.2 Å². The Labute approximate surface area is 216 Å². The van der Waals surface area contributed by atoms with Gasteiger partial charge in [0.2, 0.25) is 9.84 Å². The summed E-state index contributed by atoms with van der Waals surface area (Å²) in [6.07, 6.45) is 0. The van der Waals surface area contributed by atoms with Crippen molar-refractivity contribution in [3.8, 4) is 22.3 Å². The Kier molecular flexibility index (Phi) is 4.52. The van der Waals surface area contributed by atoms with Crippen LogP contribution in [0.15, 0.2) is 93.1 Å². The molecule has 5 nitrogen and oxygen atoms in total. The number of hydrogen-bond donors (Lipinski definition) is 0. The van der Waals surface area contributed by atoms with E-state index in [1.165, 1.54) is 0 Å². The lowest BCUT2D eigenvalue weighted by molar-refractivity contribution is 0.00578. The molecule has 5 aromatic rings. The molecule has 184 valence electrons. The van der Waals surface area contributed by atoms with E-state index >= 15 is 0 Å². The summed E-state index contributed by atoms with van der Waals surface area (Å²) < 4.78 is 45.4. The maximum Gasteiger partial charge on any atom is 0.494 e. The summed E-state index contributed by atoms with van der Waals surface area (Å²) in [6.45, 7) is 7.93. The quantitative estimate of drug-likeness (QED) is 0.255. The standard InChI is InChI=1S/C30H25BO5S/c1-29(2)30(3,4)36-31(35-29)20-11-13-23-24-15-18(10-14-27(24)37(32,33)28(23)17-20)19-9-12-22-21-7-5-6-8-25(21)34-26(22)16-19/h5-17H,1-4H3. The van der Waals surface area contributed by atoms with Gasteiger partial charge in [0.05, 0.1) is 21.0 Å². The second kappa shape index (κ2) is 7.35. The van der Waals surface area contributed by atoms with E-state index < -0.39 is 28.2 Å². The van der Waals surface area contributed by atoms with Crippen molar-refractivity contribution in [2.45, 2.75) is 48.7 Å². The first-order valence-electron chi connectivity index (χ1n) is 12.4. The van der Waals surface area contributed by atoms with Crippen LogP contribution >= 0.6 is 0 Å².